The van der Waals surface area contributed by atoms with Crippen molar-refractivity contribution in [2.45, 2.75) is 32.6 Å². The number of rotatable bonds is 9. The van der Waals surface area contributed by atoms with Crippen LogP contribution in [0.2, 0.25) is 0 Å². The third-order valence-electron chi connectivity index (χ3n) is 3.82. The molecule has 0 aromatic heterocycles. The number of hydrogen-bond donors (Lipinski definition) is 2. The number of aromatic carboxylic acids is 1. The van der Waals surface area contributed by atoms with E-state index >= 15 is 0 Å². The van der Waals surface area contributed by atoms with Crippen molar-refractivity contribution in [1.82, 2.24) is 0 Å². The van der Waals surface area contributed by atoms with Gasteiger partial charge in [0.2, 0.25) is 0 Å². The number of nitrogens with one attached hydrogen (secondary N) is 1. The second kappa shape index (κ2) is 9.97. The number of amides is 1. The number of benzene rings is 2. The average Bonchev–Trinajstić information content (AvgIpc) is 2.62. The zero-order valence-corrected chi connectivity index (χ0v) is 16.2. The normalized spacial score (nSPS) is 10.4. The molecule has 2 rings (SSSR count). The standard InChI is InChI=1S/C20H22BrNO4/c1-2-3-4-5-11-26-18-10-9-14(13-17(18)21)19(23)22-16-8-6-7-15(12-16)20(24)25/h6-10,12-13H,2-5,11H2,1H3,(H,22,23)(H,24,25). The Bertz CT molecular complexity index is 776. The zero-order chi connectivity index (χ0) is 18.9. The smallest absolute Gasteiger partial charge is 0.335 e. The van der Waals surface area contributed by atoms with Gasteiger partial charge in [-0.1, -0.05) is 32.3 Å². The number of carbonyl (C=O) groups excluding carboxylic acids is 1. The molecule has 26 heavy (non-hydrogen) atoms. The fraction of sp³-hybridized carbons (Fsp3) is 0.300. The largest absolute Gasteiger partial charge is 0.492 e. The second-order valence-electron chi connectivity index (χ2n) is 5.89. The van der Waals surface area contributed by atoms with E-state index in [1.165, 1.54) is 25.0 Å². The van der Waals surface area contributed by atoms with Crippen molar-refractivity contribution < 1.29 is 19.4 Å². The molecule has 0 saturated heterocycles. The molecule has 0 radical (unpaired) electrons. The minimum Gasteiger partial charge on any atom is -0.492 e. The Morgan fingerprint density at radius 1 is 1.08 bits per heavy atom. The highest BCUT2D eigenvalue weighted by molar-refractivity contribution is 9.10. The molecule has 1 amide bonds. The lowest BCUT2D eigenvalue weighted by Crippen LogP contribution is -2.12. The van der Waals surface area contributed by atoms with Crippen LogP contribution < -0.4 is 10.1 Å². The van der Waals surface area contributed by atoms with Crippen molar-refractivity contribution in [3.8, 4) is 5.75 Å². The lowest BCUT2D eigenvalue weighted by Gasteiger charge is -2.10. The Kier molecular flexibility index (Phi) is 7.66. The summed E-state index contributed by atoms with van der Waals surface area (Å²) in [7, 11) is 0. The van der Waals surface area contributed by atoms with Crippen molar-refractivity contribution in [1.29, 1.82) is 0 Å². The van der Waals surface area contributed by atoms with E-state index in [1.54, 1.807) is 30.3 Å². The van der Waals surface area contributed by atoms with E-state index in [0.29, 0.717) is 28.1 Å². The van der Waals surface area contributed by atoms with E-state index in [0.717, 1.165) is 12.8 Å². The Hall–Kier alpha value is -2.34. The molecule has 0 atom stereocenters. The highest BCUT2D eigenvalue weighted by atomic mass is 79.9. The summed E-state index contributed by atoms with van der Waals surface area (Å²) in [5.41, 5.74) is 1.01. The van der Waals surface area contributed by atoms with E-state index in [1.807, 2.05) is 0 Å². The molecule has 0 unspecified atom stereocenters. The van der Waals surface area contributed by atoms with Crippen LogP contribution in [0.25, 0.3) is 0 Å². The van der Waals surface area contributed by atoms with Crippen LogP contribution in [0, 0.1) is 0 Å². The third kappa shape index (κ3) is 5.88. The minimum absolute atomic E-state index is 0.121. The van der Waals surface area contributed by atoms with Crippen LogP contribution in [0.4, 0.5) is 5.69 Å². The lowest BCUT2D eigenvalue weighted by molar-refractivity contribution is 0.0696. The molecule has 138 valence electrons. The van der Waals surface area contributed by atoms with Gasteiger partial charge in [0.25, 0.3) is 5.91 Å². The van der Waals surface area contributed by atoms with Crippen LogP contribution in [0.5, 0.6) is 5.75 Å². The first-order valence-electron chi connectivity index (χ1n) is 8.58. The van der Waals surface area contributed by atoms with E-state index in [2.05, 4.69) is 28.2 Å². The van der Waals surface area contributed by atoms with Gasteiger partial charge in [-0.15, -0.1) is 0 Å². The van der Waals surface area contributed by atoms with Crippen molar-refractivity contribution in [3.05, 3.63) is 58.1 Å². The Morgan fingerprint density at radius 3 is 2.58 bits per heavy atom. The molecular weight excluding hydrogens is 398 g/mol. The second-order valence-corrected chi connectivity index (χ2v) is 6.75. The van der Waals surface area contributed by atoms with Crippen LogP contribution in [0.3, 0.4) is 0 Å². The van der Waals surface area contributed by atoms with Crippen molar-refractivity contribution >= 4 is 33.5 Å². The molecule has 0 heterocycles. The molecule has 0 aliphatic carbocycles. The number of carboxylic acids is 1. The number of carbonyl (C=O) groups is 2. The van der Waals surface area contributed by atoms with Gasteiger partial charge < -0.3 is 15.2 Å². The maximum absolute atomic E-state index is 12.4. The molecule has 2 aromatic rings. The molecule has 0 bridgehead atoms. The lowest BCUT2D eigenvalue weighted by atomic mass is 10.1. The van der Waals surface area contributed by atoms with Gasteiger partial charge in [0.05, 0.1) is 16.6 Å². The topological polar surface area (TPSA) is 75.6 Å². The van der Waals surface area contributed by atoms with Crippen molar-refractivity contribution in [3.63, 3.8) is 0 Å². The van der Waals surface area contributed by atoms with Crippen LogP contribution >= 0.6 is 15.9 Å². The van der Waals surface area contributed by atoms with Crippen LogP contribution in [0.15, 0.2) is 46.9 Å². The summed E-state index contributed by atoms with van der Waals surface area (Å²) in [5.74, 6) is -0.655. The number of unbranched alkanes of at least 4 members (excludes halogenated alkanes) is 3. The maximum Gasteiger partial charge on any atom is 0.335 e. The summed E-state index contributed by atoms with van der Waals surface area (Å²) in [4.78, 5) is 23.4. The molecule has 0 aliphatic heterocycles. The first-order chi connectivity index (χ1) is 12.5. The molecule has 2 aromatic carbocycles. The highest BCUT2D eigenvalue weighted by Gasteiger charge is 2.11. The first-order valence-corrected chi connectivity index (χ1v) is 9.37. The average molecular weight is 420 g/mol. The van der Waals surface area contributed by atoms with Gasteiger partial charge in [-0.05, 0) is 58.7 Å². The molecule has 0 saturated carbocycles. The highest BCUT2D eigenvalue weighted by Crippen LogP contribution is 2.27. The summed E-state index contributed by atoms with van der Waals surface area (Å²) < 4.78 is 6.44. The zero-order valence-electron chi connectivity index (χ0n) is 14.6. The summed E-state index contributed by atoms with van der Waals surface area (Å²) in [6.45, 7) is 2.81. The van der Waals surface area contributed by atoms with E-state index < -0.39 is 5.97 Å². The van der Waals surface area contributed by atoms with E-state index in [9.17, 15) is 9.59 Å². The van der Waals surface area contributed by atoms with E-state index in [-0.39, 0.29) is 11.5 Å². The number of carboxylic acid groups (broad SMARTS) is 1. The van der Waals surface area contributed by atoms with E-state index in [4.69, 9.17) is 9.84 Å². The fourth-order valence-corrected chi connectivity index (χ4v) is 2.90. The molecule has 2 N–H and O–H groups in total. The van der Waals surface area contributed by atoms with Crippen LogP contribution in [0.1, 0.15) is 53.3 Å². The minimum atomic E-state index is -1.04. The summed E-state index contributed by atoms with van der Waals surface area (Å²) in [6, 6.07) is 11.3. The number of anilines is 1. The predicted molar refractivity (Wildman–Crippen MR) is 105 cm³/mol. The summed E-state index contributed by atoms with van der Waals surface area (Å²) in [5, 5.41) is 11.7. The molecule has 0 aliphatic rings. The predicted octanol–water partition coefficient (Wildman–Crippen LogP) is 5.36. The van der Waals surface area contributed by atoms with Crippen molar-refractivity contribution in [2.24, 2.45) is 0 Å². The monoisotopic (exact) mass is 419 g/mol. The van der Waals surface area contributed by atoms with Gasteiger partial charge in [0, 0.05) is 11.3 Å². The van der Waals surface area contributed by atoms with Crippen LogP contribution in [-0.2, 0) is 0 Å². The molecule has 0 fully saturated rings. The SMILES string of the molecule is CCCCCCOc1ccc(C(=O)Nc2cccc(C(=O)O)c2)cc1Br. The quantitative estimate of drug-likeness (QED) is 0.536. The number of ether oxygens (including phenoxy) is 1. The van der Waals surface area contributed by atoms with Gasteiger partial charge in [-0.3, -0.25) is 4.79 Å². The van der Waals surface area contributed by atoms with Gasteiger partial charge in [0.1, 0.15) is 5.75 Å². The van der Waals surface area contributed by atoms with Gasteiger partial charge in [-0.25, -0.2) is 4.79 Å². The number of halogens is 1. The van der Waals surface area contributed by atoms with Gasteiger partial charge in [-0.2, -0.15) is 0 Å². The Morgan fingerprint density at radius 2 is 1.88 bits per heavy atom. The Balaban J connectivity index is 1.98. The molecular formula is C20H22BrNO4. The third-order valence-corrected chi connectivity index (χ3v) is 4.44. The maximum atomic E-state index is 12.4. The van der Waals surface area contributed by atoms with Crippen LogP contribution in [-0.4, -0.2) is 23.6 Å². The fourth-order valence-electron chi connectivity index (χ4n) is 2.40. The summed E-state index contributed by atoms with van der Waals surface area (Å²) >= 11 is 3.43. The first kappa shape index (κ1) is 20.0. The van der Waals surface area contributed by atoms with Crippen molar-refractivity contribution in [2.75, 3.05) is 11.9 Å². The Labute approximate surface area is 161 Å². The molecule has 5 nitrogen and oxygen atoms in total. The number of hydrogen-bond acceptors (Lipinski definition) is 3. The van der Waals surface area contributed by atoms with Gasteiger partial charge in [0.15, 0.2) is 0 Å². The van der Waals surface area contributed by atoms with Gasteiger partial charge >= 0.3 is 5.97 Å². The molecule has 0 spiro atoms. The summed E-state index contributed by atoms with van der Waals surface area (Å²) in [6.07, 6.45) is 4.53. The molecule has 6 heteroatoms.